The topological polar surface area (TPSA) is 18.5 Å². The fourth-order valence-electron chi connectivity index (χ4n) is 1.23. The molecule has 0 saturated carbocycles. The van der Waals surface area contributed by atoms with Gasteiger partial charge >= 0.3 is 0 Å². The highest BCUT2D eigenvalue weighted by atomic mass is 127. The molecule has 90 valence electrons. The second kappa shape index (κ2) is 5.70. The predicted octanol–water partition coefficient (Wildman–Crippen LogP) is 4.00. The van der Waals surface area contributed by atoms with Crippen LogP contribution in [0.4, 0.5) is 4.39 Å². The number of hydrogen-bond acceptors (Lipinski definition) is 2. The molecule has 0 aliphatic carbocycles. The van der Waals surface area contributed by atoms with Gasteiger partial charge in [-0.2, -0.15) is 0 Å². The number of rotatable bonds is 4. The van der Waals surface area contributed by atoms with Crippen molar-refractivity contribution in [2.75, 3.05) is 0 Å². The van der Waals surface area contributed by atoms with Crippen molar-refractivity contribution in [2.24, 2.45) is 0 Å². The zero-order chi connectivity index (χ0) is 12.3. The standard InChI is InChI=1S/C12H16FIO2/c1-7(2)15-11-6-9(13)5-10(14)12(11)16-8(3)4/h5-8H,1-4H3. The van der Waals surface area contributed by atoms with Gasteiger partial charge in [-0.25, -0.2) is 4.39 Å². The normalized spacial score (nSPS) is 11.0. The fourth-order valence-corrected chi connectivity index (χ4v) is 1.92. The first kappa shape index (κ1) is 13.5. The molecular weight excluding hydrogens is 322 g/mol. The van der Waals surface area contributed by atoms with Crippen LogP contribution in [-0.2, 0) is 0 Å². The lowest BCUT2D eigenvalue weighted by molar-refractivity contribution is 0.196. The molecule has 1 rings (SSSR count). The van der Waals surface area contributed by atoms with Gasteiger partial charge in [-0.05, 0) is 56.4 Å². The van der Waals surface area contributed by atoms with Gasteiger partial charge in [0.1, 0.15) is 5.82 Å². The molecule has 0 aliphatic rings. The first-order valence-electron chi connectivity index (χ1n) is 5.22. The summed E-state index contributed by atoms with van der Waals surface area (Å²) in [7, 11) is 0. The van der Waals surface area contributed by atoms with E-state index in [1.807, 2.05) is 50.3 Å². The Kier molecular flexibility index (Phi) is 4.83. The van der Waals surface area contributed by atoms with Crippen LogP contribution in [0.2, 0.25) is 0 Å². The van der Waals surface area contributed by atoms with Crippen molar-refractivity contribution in [3.63, 3.8) is 0 Å². The Morgan fingerprint density at radius 2 is 1.62 bits per heavy atom. The van der Waals surface area contributed by atoms with E-state index in [4.69, 9.17) is 9.47 Å². The lowest BCUT2D eigenvalue weighted by Crippen LogP contribution is -2.12. The van der Waals surface area contributed by atoms with Crippen molar-refractivity contribution in [2.45, 2.75) is 39.9 Å². The molecule has 0 aliphatic heterocycles. The van der Waals surface area contributed by atoms with Crippen LogP contribution < -0.4 is 9.47 Å². The Hall–Kier alpha value is -0.520. The first-order chi connectivity index (χ1) is 7.40. The summed E-state index contributed by atoms with van der Waals surface area (Å²) >= 11 is 2.05. The van der Waals surface area contributed by atoms with Gasteiger partial charge < -0.3 is 9.47 Å². The van der Waals surface area contributed by atoms with E-state index in [-0.39, 0.29) is 18.0 Å². The summed E-state index contributed by atoms with van der Waals surface area (Å²) in [4.78, 5) is 0. The van der Waals surface area contributed by atoms with E-state index in [0.29, 0.717) is 11.5 Å². The molecule has 2 nitrogen and oxygen atoms in total. The number of ether oxygens (including phenoxy) is 2. The maximum atomic E-state index is 13.3. The van der Waals surface area contributed by atoms with Crippen LogP contribution in [-0.4, -0.2) is 12.2 Å². The van der Waals surface area contributed by atoms with E-state index < -0.39 is 0 Å². The summed E-state index contributed by atoms with van der Waals surface area (Å²) in [6, 6.07) is 2.80. The van der Waals surface area contributed by atoms with E-state index in [1.54, 1.807) is 0 Å². The van der Waals surface area contributed by atoms with E-state index in [1.165, 1.54) is 12.1 Å². The summed E-state index contributed by atoms with van der Waals surface area (Å²) in [6.07, 6.45) is 0.0283. The number of hydrogen-bond donors (Lipinski definition) is 0. The molecule has 0 heterocycles. The molecule has 0 saturated heterocycles. The predicted molar refractivity (Wildman–Crippen MR) is 70.6 cm³/mol. The smallest absolute Gasteiger partial charge is 0.175 e. The van der Waals surface area contributed by atoms with E-state index >= 15 is 0 Å². The summed E-state index contributed by atoms with van der Waals surface area (Å²) < 4.78 is 25.2. The Bertz CT molecular complexity index is 364. The molecular formula is C12H16FIO2. The molecule has 0 N–H and O–H groups in total. The molecule has 1 aromatic rings. The van der Waals surface area contributed by atoms with Crippen LogP contribution >= 0.6 is 22.6 Å². The molecule has 0 amide bonds. The third kappa shape index (κ3) is 3.81. The molecule has 0 unspecified atom stereocenters. The van der Waals surface area contributed by atoms with Crippen LogP contribution in [0.3, 0.4) is 0 Å². The molecule has 1 aromatic carbocycles. The molecule has 0 bridgehead atoms. The van der Waals surface area contributed by atoms with Crippen molar-refractivity contribution in [1.29, 1.82) is 0 Å². The third-order valence-electron chi connectivity index (χ3n) is 1.69. The quantitative estimate of drug-likeness (QED) is 0.773. The van der Waals surface area contributed by atoms with Gasteiger partial charge in [0.15, 0.2) is 11.5 Å². The highest BCUT2D eigenvalue weighted by molar-refractivity contribution is 14.1. The molecule has 0 spiro atoms. The van der Waals surface area contributed by atoms with Crippen molar-refractivity contribution in [3.8, 4) is 11.5 Å². The largest absolute Gasteiger partial charge is 0.487 e. The molecule has 0 atom stereocenters. The van der Waals surface area contributed by atoms with Gasteiger partial charge in [-0.15, -0.1) is 0 Å². The number of benzene rings is 1. The minimum atomic E-state index is -0.309. The zero-order valence-electron chi connectivity index (χ0n) is 9.88. The highest BCUT2D eigenvalue weighted by Crippen LogP contribution is 2.35. The van der Waals surface area contributed by atoms with Gasteiger partial charge in [0.2, 0.25) is 0 Å². The van der Waals surface area contributed by atoms with Crippen LogP contribution in [0, 0.1) is 9.39 Å². The van der Waals surface area contributed by atoms with Gasteiger partial charge in [-0.3, -0.25) is 0 Å². The van der Waals surface area contributed by atoms with Crippen LogP contribution in [0.1, 0.15) is 27.7 Å². The average molecular weight is 338 g/mol. The van der Waals surface area contributed by atoms with Crippen LogP contribution in [0.5, 0.6) is 11.5 Å². The maximum absolute atomic E-state index is 13.3. The third-order valence-corrected chi connectivity index (χ3v) is 2.49. The van der Waals surface area contributed by atoms with E-state index in [9.17, 15) is 4.39 Å². The number of halogens is 2. The molecule has 0 radical (unpaired) electrons. The van der Waals surface area contributed by atoms with Gasteiger partial charge in [0.25, 0.3) is 0 Å². The van der Waals surface area contributed by atoms with E-state index in [2.05, 4.69) is 0 Å². The zero-order valence-corrected chi connectivity index (χ0v) is 12.0. The van der Waals surface area contributed by atoms with Crippen molar-refractivity contribution in [1.82, 2.24) is 0 Å². The lowest BCUT2D eigenvalue weighted by Gasteiger charge is -2.18. The van der Waals surface area contributed by atoms with Crippen molar-refractivity contribution in [3.05, 3.63) is 21.5 Å². The van der Waals surface area contributed by atoms with Crippen LogP contribution in [0.25, 0.3) is 0 Å². The van der Waals surface area contributed by atoms with Crippen molar-refractivity contribution < 1.29 is 13.9 Å². The highest BCUT2D eigenvalue weighted by Gasteiger charge is 2.14. The minimum absolute atomic E-state index is 0.00730. The lowest BCUT2D eigenvalue weighted by atomic mass is 10.3. The first-order valence-corrected chi connectivity index (χ1v) is 6.30. The summed E-state index contributed by atoms with van der Waals surface area (Å²) in [5.74, 6) is 0.773. The fraction of sp³-hybridized carbons (Fsp3) is 0.500. The summed E-state index contributed by atoms with van der Waals surface area (Å²) in [5, 5.41) is 0. The Morgan fingerprint density at radius 3 is 2.12 bits per heavy atom. The SMILES string of the molecule is CC(C)Oc1cc(F)cc(I)c1OC(C)C. The Labute approximate surface area is 109 Å². The molecule has 0 fully saturated rings. The second-order valence-electron chi connectivity index (χ2n) is 4.05. The molecule has 16 heavy (non-hydrogen) atoms. The van der Waals surface area contributed by atoms with E-state index in [0.717, 1.165) is 3.57 Å². The van der Waals surface area contributed by atoms with Gasteiger partial charge in [-0.1, -0.05) is 0 Å². The molecule has 0 aromatic heterocycles. The van der Waals surface area contributed by atoms with Crippen molar-refractivity contribution >= 4 is 22.6 Å². The van der Waals surface area contributed by atoms with Crippen LogP contribution in [0.15, 0.2) is 12.1 Å². The second-order valence-corrected chi connectivity index (χ2v) is 5.21. The summed E-state index contributed by atoms with van der Waals surface area (Å²) in [6.45, 7) is 7.66. The minimum Gasteiger partial charge on any atom is -0.487 e. The molecule has 4 heteroatoms. The van der Waals surface area contributed by atoms with Gasteiger partial charge in [0.05, 0.1) is 15.8 Å². The average Bonchev–Trinajstić information content (AvgIpc) is 2.09. The van der Waals surface area contributed by atoms with Gasteiger partial charge in [0, 0.05) is 6.07 Å². The monoisotopic (exact) mass is 338 g/mol. The summed E-state index contributed by atoms with van der Waals surface area (Å²) in [5.41, 5.74) is 0. The Morgan fingerprint density at radius 1 is 1.06 bits per heavy atom. The maximum Gasteiger partial charge on any atom is 0.175 e. The Balaban J connectivity index is 3.10.